The van der Waals surface area contributed by atoms with Gasteiger partial charge in [0.1, 0.15) is 0 Å². The summed E-state index contributed by atoms with van der Waals surface area (Å²) >= 11 is 0. The number of aliphatic hydroxyl groups is 2. The summed E-state index contributed by atoms with van der Waals surface area (Å²) in [5, 5.41) is 22.7. The van der Waals surface area contributed by atoms with E-state index in [1.165, 1.54) is 19.3 Å². The van der Waals surface area contributed by atoms with Crippen molar-refractivity contribution < 1.29 is 15.0 Å². The summed E-state index contributed by atoms with van der Waals surface area (Å²) in [5.74, 6) is -0.108. The van der Waals surface area contributed by atoms with Gasteiger partial charge in [-0.25, -0.2) is 0 Å². The zero-order valence-electron chi connectivity index (χ0n) is 28.1. The van der Waals surface area contributed by atoms with Gasteiger partial charge in [0.05, 0.1) is 18.8 Å². The third-order valence-electron chi connectivity index (χ3n) is 7.05. The van der Waals surface area contributed by atoms with Crippen molar-refractivity contribution in [2.45, 2.75) is 142 Å². The van der Waals surface area contributed by atoms with Crippen LogP contribution in [0, 0.1) is 0 Å². The van der Waals surface area contributed by atoms with Crippen LogP contribution in [0.15, 0.2) is 97.2 Å². The Morgan fingerprint density at radius 1 is 0.568 bits per heavy atom. The Hall–Kier alpha value is -2.69. The summed E-state index contributed by atoms with van der Waals surface area (Å²) in [6.07, 6.45) is 52.0. The molecule has 0 aromatic heterocycles. The average molecular weight is 608 g/mol. The van der Waals surface area contributed by atoms with Gasteiger partial charge >= 0.3 is 0 Å². The molecule has 0 rings (SSSR count). The molecule has 4 nitrogen and oxygen atoms in total. The lowest BCUT2D eigenvalue weighted by molar-refractivity contribution is -0.123. The minimum atomic E-state index is -0.876. The molecule has 44 heavy (non-hydrogen) atoms. The summed E-state index contributed by atoms with van der Waals surface area (Å²) < 4.78 is 0. The standard InChI is InChI=1S/C40H65NO3/c1-3-5-7-9-11-13-14-15-16-17-18-19-20-21-22-23-24-25-26-28-30-32-34-36-40(44)41-38(37-42)39(43)35-33-31-29-27-12-10-8-6-4-2/h5,7,11-13,15-16,18-19,21-22,24-25,27,33,35,38-39,42-43H,3-4,6,8-10,14,17,20,23,26,28-32,34,36-37H2,1-2H3,(H,41,44)/b7-5-,13-11-,16-15-,19-18-,22-21-,25-24-,27-12+,35-33+. The number of carbonyl (C=O) groups excluding carboxylic acids is 1. The molecule has 0 fully saturated rings. The number of unbranched alkanes of at least 4 members (excludes halogenated alkanes) is 8. The van der Waals surface area contributed by atoms with E-state index < -0.39 is 12.1 Å². The predicted molar refractivity (Wildman–Crippen MR) is 193 cm³/mol. The average Bonchev–Trinajstić information content (AvgIpc) is 3.03. The highest BCUT2D eigenvalue weighted by Gasteiger charge is 2.17. The van der Waals surface area contributed by atoms with E-state index in [-0.39, 0.29) is 12.5 Å². The van der Waals surface area contributed by atoms with Crippen molar-refractivity contribution in [3.05, 3.63) is 97.2 Å². The second-order valence-corrected chi connectivity index (χ2v) is 11.2. The maximum Gasteiger partial charge on any atom is 0.220 e. The van der Waals surface area contributed by atoms with Crippen LogP contribution < -0.4 is 5.32 Å². The highest BCUT2D eigenvalue weighted by atomic mass is 16.3. The first kappa shape index (κ1) is 41.3. The van der Waals surface area contributed by atoms with Crippen LogP contribution >= 0.6 is 0 Å². The van der Waals surface area contributed by atoms with E-state index >= 15 is 0 Å². The highest BCUT2D eigenvalue weighted by Crippen LogP contribution is 2.08. The first-order valence-electron chi connectivity index (χ1n) is 17.5. The van der Waals surface area contributed by atoms with Crippen LogP contribution in [0.25, 0.3) is 0 Å². The number of allylic oxidation sites excluding steroid dienone is 15. The SMILES string of the molecule is CC/C=C\C/C=C\C/C=C\C/C=C\C/C=C\C/C=C\CCCCCCC(=O)NC(CO)C(O)/C=C/CC/C=C/CCCCC. The van der Waals surface area contributed by atoms with E-state index in [2.05, 4.69) is 104 Å². The maximum atomic E-state index is 12.3. The minimum Gasteiger partial charge on any atom is -0.394 e. The molecule has 0 aromatic carbocycles. The fourth-order valence-electron chi connectivity index (χ4n) is 4.37. The lowest BCUT2D eigenvalue weighted by atomic mass is 10.1. The lowest BCUT2D eigenvalue weighted by Crippen LogP contribution is -2.45. The molecule has 0 aliphatic heterocycles. The number of rotatable bonds is 29. The topological polar surface area (TPSA) is 69.6 Å². The van der Waals surface area contributed by atoms with Crippen LogP contribution in [0.1, 0.15) is 129 Å². The van der Waals surface area contributed by atoms with Crippen LogP contribution in [0.3, 0.4) is 0 Å². The van der Waals surface area contributed by atoms with Crippen molar-refractivity contribution in [1.29, 1.82) is 0 Å². The van der Waals surface area contributed by atoms with Crippen molar-refractivity contribution in [3.8, 4) is 0 Å². The maximum absolute atomic E-state index is 12.3. The monoisotopic (exact) mass is 607 g/mol. The van der Waals surface area contributed by atoms with Crippen LogP contribution in [-0.2, 0) is 4.79 Å². The van der Waals surface area contributed by atoms with E-state index in [4.69, 9.17) is 0 Å². The molecule has 0 aliphatic carbocycles. The molecule has 0 spiro atoms. The number of nitrogens with one attached hydrogen (secondary N) is 1. The van der Waals surface area contributed by atoms with Crippen molar-refractivity contribution in [2.24, 2.45) is 0 Å². The zero-order valence-corrected chi connectivity index (χ0v) is 28.1. The Balaban J connectivity index is 3.77. The number of hydrogen-bond donors (Lipinski definition) is 3. The molecule has 1 amide bonds. The van der Waals surface area contributed by atoms with E-state index in [1.54, 1.807) is 6.08 Å². The van der Waals surface area contributed by atoms with Gasteiger partial charge in [0.25, 0.3) is 0 Å². The molecule has 2 atom stereocenters. The highest BCUT2D eigenvalue weighted by molar-refractivity contribution is 5.76. The van der Waals surface area contributed by atoms with Gasteiger partial charge < -0.3 is 15.5 Å². The molecule has 0 radical (unpaired) electrons. The molecular formula is C40H65NO3. The van der Waals surface area contributed by atoms with E-state index in [0.717, 1.165) is 89.9 Å². The molecule has 0 saturated heterocycles. The quantitative estimate of drug-likeness (QED) is 0.0585. The molecule has 2 unspecified atom stereocenters. The van der Waals surface area contributed by atoms with Crippen LogP contribution in [0.5, 0.6) is 0 Å². The Bertz CT molecular complexity index is 875. The summed E-state index contributed by atoms with van der Waals surface area (Å²) in [6, 6.07) is -0.656. The van der Waals surface area contributed by atoms with Crippen LogP contribution in [0.2, 0.25) is 0 Å². The van der Waals surface area contributed by atoms with Gasteiger partial charge in [-0.1, -0.05) is 137 Å². The van der Waals surface area contributed by atoms with Gasteiger partial charge in [0, 0.05) is 6.42 Å². The van der Waals surface area contributed by atoms with Crippen molar-refractivity contribution >= 4 is 5.91 Å². The number of carbonyl (C=O) groups is 1. The minimum absolute atomic E-state index is 0.108. The summed E-state index contributed by atoms with van der Waals surface area (Å²) in [7, 11) is 0. The van der Waals surface area contributed by atoms with Gasteiger partial charge in [-0.05, 0) is 83.5 Å². The van der Waals surface area contributed by atoms with Crippen molar-refractivity contribution in [1.82, 2.24) is 5.32 Å². The molecule has 0 saturated carbocycles. The van der Waals surface area contributed by atoms with E-state index in [1.807, 2.05) is 6.08 Å². The number of aliphatic hydroxyl groups excluding tert-OH is 2. The van der Waals surface area contributed by atoms with Gasteiger partial charge in [-0.15, -0.1) is 0 Å². The molecule has 0 aliphatic rings. The zero-order chi connectivity index (χ0) is 32.2. The third-order valence-corrected chi connectivity index (χ3v) is 7.05. The van der Waals surface area contributed by atoms with Gasteiger partial charge in [0.15, 0.2) is 0 Å². The number of amides is 1. The van der Waals surface area contributed by atoms with Crippen molar-refractivity contribution in [2.75, 3.05) is 6.61 Å². The Kier molecular flexibility index (Phi) is 32.7. The predicted octanol–water partition coefficient (Wildman–Crippen LogP) is 10.3. The smallest absolute Gasteiger partial charge is 0.220 e. The van der Waals surface area contributed by atoms with Gasteiger partial charge in [0.2, 0.25) is 5.91 Å². The summed E-state index contributed by atoms with van der Waals surface area (Å²) in [4.78, 5) is 12.3. The molecule has 248 valence electrons. The first-order valence-corrected chi connectivity index (χ1v) is 17.5. The van der Waals surface area contributed by atoms with Gasteiger partial charge in [-0.3, -0.25) is 4.79 Å². The Morgan fingerprint density at radius 2 is 1.02 bits per heavy atom. The molecular weight excluding hydrogens is 542 g/mol. The van der Waals surface area contributed by atoms with Crippen LogP contribution in [-0.4, -0.2) is 34.9 Å². The van der Waals surface area contributed by atoms with E-state index in [9.17, 15) is 15.0 Å². The third kappa shape index (κ3) is 30.8. The second-order valence-electron chi connectivity index (χ2n) is 11.2. The summed E-state index contributed by atoms with van der Waals surface area (Å²) in [6.45, 7) is 4.09. The normalized spacial score (nSPS) is 14.4. The molecule has 0 aromatic rings. The molecule has 3 N–H and O–H groups in total. The Morgan fingerprint density at radius 3 is 1.57 bits per heavy atom. The largest absolute Gasteiger partial charge is 0.394 e. The Labute approximate surface area is 271 Å². The van der Waals surface area contributed by atoms with Crippen molar-refractivity contribution in [3.63, 3.8) is 0 Å². The fraction of sp³-hybridized carbons (Fsp3) is 0.575. The van der Waals surface area contributed by atoms with Crippen LogP contribution in [0.4, 0.5) is 0 Å². The van der Waals surface area contributed by atoms with E-state index in [0.29, 0.717) is 6.42 Å². The molecule has 0 bridgehead atoms. The molecule has 4 heteroatoms. The number of hydrogen-bond acceptors (Lipinski definition) is 3. The second kappa shape index (κ2) is 34.8. The van der Waals surface area contributed by atoms with Gasteiger partial charge in [-0.2, -0.15) is 0 Å². The lowest BCUT2D eigenvalue weighted by Gasteiger charge is -2.19. The fourth-order valence-corrected chi connectivity index (χ4v) is 4.37. The molecule has 0 heterocycles. The summed E-state index contributed by atoms with van der Waals surface area (Å²) in [5.41, 5.74) is 0. The first-order chi connectivity index (χ1) is 21.7.